The average molecular weight is 267 g/mol. The van der Waals surface area contributed by atoms with Crippen molar-refractivity contribution < 1.29 is 9.47 Å². The highest BCUT2D eigenvalue weighted by atomic mass is 16.6. The zero-order chi connectivity index (χ0) is 13.1. The van der Waals surface area contributed by atoms with E-state index < -0.39 is 0 Å². The number of hydrogen-bond acceptors (Lipinski definition) is 3. The first-order valence-corrected chi connectivity index (χ1v) is 8.27. The summed E-state index contributed by atoms with van der Waals surface area (Å²) in [5.74, 6) is 1.40. The second kappa shape index (κ2) is 6.11. The lowest BCUT2D eigenvalue weighted by Crippen LogP contribution is -2.28. The van der Waals surface area contributed by atoms with Gasteiger partial charge in [-0.15, -0.1) is 0 Å². The molecule has 3 unspecified atom stereocenters. The first kappa shape index (κ1) is 13.8. The van der Waals surface area contributed by atoms with Crippen molar-refractivity contribution in [2.45, 2.75) is 69.5 Å². The van der Waals surface area contributed by atoms with Gasteiger partial charge >= 0.3 is 0 Å². The van der Waals surface area contributed by atoms with Gasteiger partial charge in [-0.25, -0.2) is 0 Å². The molecule has 0 aromatic carbocycles. The molecule has 3 aliphatic rings. The summed E-state index contributed by atoms with van der Waals surface area (Å²) in [6, 6.07) is 0. The molecule has 0 aromatic rings. The second-order valence-corrected chi connectivity index (χ2v) is 6.89. The molecule has 0 amide bonds. The van der Waals surface area contributed by atoms with E-state index in [0.717, 1.165) is 19.8 Å². The maximum Gasteiger partial charge on any atom is 0.0817 e. The minimum atomic E-state index is 0.251. The molecular weight excluding hydrogens is 238 g/mol. The molecule has 1 heterocycles. The van der Waals surface area contributed by atoms with E-state index in [2.05, 4.69) is 0 Å². The third kappa shape index (κ3) is 3.14. The molecule has 0 radical (unpaired) electrons. The van der Waals surface area contributed by atoms with Crippen LogP contribution in [0.5, 0.6) is 0 Å². The maximum absolute atomic E-state index is 6.28. The predicted octanol–water partition coefficient (Wildman–Crippen LogP) is 2.87. The molecule has 2 saturated carbocycles. The monoisotopic (exact) mass is 267 g/mol. The molecular formula is C16H29NO2. The van der Waals surface area contributed by atoms with Gasteiger partial charge in [0.05, 0.1) is 18.3 Å². The SMILES string of the molecule is NCC1CCCC1COCC1CCC2(CCCC2)O1. The van der Waals surface area contributed by atoms with Gasteiger partial charge in [0, 0.05) is 6.61 Å². The fraction of sp³-hybridized carbons (Fsp3) is 1.00. The Morgan fingerprint density at radius 1 is 0.947 bits per heavy atom. The van der Waals surface area contributed by atoms with Gasteiger partial charge in [0.2, 0.25) is 0 Å². The topological polar surface area (TPSA) is 44.5 Å². The lowest BCUT2D eigenvalue weighted by atomic mass is 9.97. The number of rotatable bonds is 5. The summed E-state index contributed by atoms with van der Waals surface area (Å²) in [4.78, 5) is 0. The Balaban J connectivity index is 1.37. The Morgan fingerprint density at radius 3 is 2.53 bits per heavy atom. The molecule has 3 heteroatoms. The van der Waals surface area contributed by atoms with E-state index in [9.17, 15) is 0 Å². The van der Waals surface area contributed by atoms with Crippen LogP contribution in [0.25, 0.3) is 0 Å². The fourth-order valence-electron chi connectivity index (χ4n) is 4.39. The molecule has 1 aliphatic heterocycles. The highest BCUT2D eigenvalue weighted by Gasteiger charge is 2.42. The summed E-state index contributed by atoms with van der Waals surface area (Å²) in [5, 5.41) is 0. The van der Waals surface area contributed by atoms with Crippen molar-refractivity contribution in [1.29, 1.82) is 0 Å². The van der Waals surface area contributed by atoms with Crippen LogP contribution in [0.3, 0.4) is 0 Å². The number of ether oxygens (including phenoxy) is 2. The third-order valence-corrected chi connectivity index (χ3v) is 5.61. The number of nitrogens with two attached hydrogens (primary N) is 1. The highest BCUT2D eigenvalue weighted by molar-refractivity contribution is 4.92. The molecule has 2 N–H and O–H groups in total. The van der Waals surface area contributed by atoms with Crippen molar-refractivity contribution >= 4 is 0 Å². The third-order valence-electron chi connectivity index (χ3n) is 5.61. The molecule has 3 atom stereocenters. The van der Waals surface area contributed by atoms with Crippen LogP contribution in [0.15, 0.2) is 0 Å². The molecule has 3 nitrogen and oxygen atoms in total. The standard InChI is InChI=1S/C16H29NO2/c17-10-13-4-3-5-14(13)11-18-12-15-6-9-16(19-15)7-1-2-8-16/h13-15H,1-12,17H2. The highest BCUT2D eigenvalue weighted by Crippen LogP contribution is 2.43. The Bertz CT molecular complexity index is 288. The molecule has 3 fully saturated rings. The summed E-state index contributed by atoms with van der Waals surface area (Å²) < 4.78 is 12.2. The van der Waals surface area contributed by atoms with Gasteiger partial charge in [-0.3, -0.25) is 0 Å². The van der Waals surface area contributed by atoms with Crippen LogP contribution >= 0.6 is 0 Å². The van der Waals surface area contributed by atoms with Crippen molar-refractivity contribution in [1.82, 2.24) is 0 Å². The average Bonchev–Trinajstić information content (AvgIpc) is 3.13. The number of hydrogen-bond donors (Lipinski definition) is 1. The van der Waals surface area contributed by atoms with Gasteiger partial charge < -0.3 is 15.2 Å². The van der Waals surface area contributed by atoms with E-state index in [4.69, 9.17) is 15.2 Å². The minimum absolute atomic E-state index is 0.251. The van der Waals surface area contributed by atoms with Crippen LogP contribution in [0.2, 0.25) is 0 Å². The lowest BCUT2D eigenvalue weighted by molar-refractivity contribution is -0.0726. The molecule has 19 heavy (non-hydrogen) atoms. The van der Waals surface area contributed by atoms with E-state index in [1.807, 2.05) is 0 Å². The molecule has 110 valence electrons. The van der Waals surface area contributed by atoms with E-state index in [1.165, 1.54) is 57.8 Å². The molecule has 2 aliphatic carbocycles. The zero-order valence-corrected chi connectivity index (χ0v) is 12.1. The first-order valence-electron chi connectivity index (χ1n) is 8.27. The van der Waals surface area contributed by atoms with E-state index in [0.29, 0.717) is 17.9 Å². The largest absolute Gasteiger partial charge is 0.378 e. The normalized spacial score (nSPS) is 37.4. The minimum Gasteiger partial charge on any atom is -0.378 e. The second-order valence-electron chi connectivity index (χ2n) is 6.89. The Hall–Kier alpha value is -0.120. The molecule has 1 spiro atoms. The summed E-state index contributed by atoms with van der Waals surface area (Å²) >= 11 is 0. The summed E-state index contributed by atoms with van der Waals surface area (Å²) in [6.07, 6.45) is 12.0. The van der Waals surface area contributed by atoms with Gasteiger partial charge in [-0.2, -0.15) is 0 Å². The maximum atomic E-state index is 6.28. The summed E-state index contributed by atoms with van der Waals surface area (Å²) in [5.41, 5.74) is 6.07. The van der Waals surface area contributed by atoms with E-state index in [1.54, 1.807) is 0 Å². The first-order chi connectivity index (χ1) is 9.31. The van der Waals surface area contributed by atoms with E-state index >= 15 is 0 Å². The fourth-order valence-corrected chi connectivity index (χ4v) is 4.39. The molecule has 0 aromatic heterocycles. The summed E-state index contributed by atoms with van der Waals surface area (Å²) in [6.45, 7) is 2.53. The zero-order valence-electron chi connectivity index (χ0n) is 12.1. The van der Waals surface area contributed by atoms with Gasteiger partial charge in [-0.1, -0.05) is 19.3 Å². The van der Waals surface area contributed by atoms with E-state index in [-0.39, 0.29) is 5.60 Å². The summed E-state index contributed by atoms with van der Waals surface area (Å²) in [7, 11) is 0. The van der Waals surface area contributed by atoms with Gasteiger partial charge in [-0.05, 0) is 56.9 Å². The van der Waals surface area contributed by atoms with Crippen molar-refractivity contribution in [3.05, 3.63) is 0 Å². The molecule has 0 bridgehead atoms. The Morgan fingerprint density at radius 2 is 1.74 bits per heavy atom. The van der Waals surface area contributed by atoms with Crippen LogP contribution in [0.1, 0.15) is 57.8 Å². The van der Waals surface area contributed by atoms with Gasteiger partial charge in [0.15, 0.2) is 0 Å². The van der Waals surface area contributed by atoms with Crippen LogP contribution in [0, 0.1) is 11.8 Å². The Kier molecular flexibility index (Phi) is 4.45. The van der Waals surface area contributed by atoms with Crippen molar-refractivity contribution in [3.63, 3.8) is 0 Å². The van der Waals surface area contributed by atoms with Crippen LogP contribution < -0.4 is 5.73 Å². The lowest BCUT2D eigenvalue weighted by Gasteiger charge is -2.24. The van der Waals surface area contributed by atoms with Crippen molar-refractivity contribution in [3.8, 4) is 0 Å². The van der Waals surface area contributed by atoms with Crippen LogP contribution in [-0.2, 0) is 9.47 Å². The predicted molar refractivity (Wildman–Crippen MR) is 76.0 cm³/mol. The molecule has 3 rings (SSSR count). The van der Waals surface area contributed by atoms with Crippen molar-refractivity contribution in [2.75, 3.05) is 19.8 Å². The smallest absolute Gasteiger partial charge is 0.0817 e. The van der Waals surface area contributed by atoms with Crippen molar-refractivity contribution in [2.24, 2.45) is 17.6 Å². The van der Waals surface area contributed by atoms with Crippen LogP contribution in [-0.4, -0.2) is 31.5 Å². The molecule has 1 saturated heterocycles. The van der Waals surface area contributed by atoms with Gasteiger partial charge in [0.25, 0.3) is 0 Å². The van der Waals surface area contributed by atoms with Crippen LogP contribution in [0.4, 0.5) is 0 Å². The Labute approximate surface area is 117 Å². The quantitative estimate of drug-likeness (QED) is 0.833. The van der Waals surface area contributed by atoms with Gasteiger partial charge in [0.1, 0.15) is 0 Å².